The Labute approximate surface area is 161 Å². The molecule has 6 nitrogen and oxygen atoms in total. The minimum atomic E-state index is -0.578. The molecule has 0 unspecified atom stereocenters. The third-order valence-electron chi connectivity index (χ3n) is 3.45. The molecule has 0 aliphatic heterocycles. The summed E-state index contributed by atoms with van der Waals surface area (Å²) >= 11 is 1.35. The Kier molecular flexibility index (Phi) is 8.05. The molecule has 1 heterocycles. The minimum Gasteiger partial charge on any atom is -1.00 e. The molecule has 0 spiro atoms. The number of ether oxygens (including phenoxy) is 2. The average molecular weight is 429 g/mol. The lowest BCUT2D eigenvalue weighted by Crippen LogP contribution is -3.00. The van der Waals surface area contributed by atoms with Gasteiger partial charge in [0.1, 0.15) is 6.04 Å². The molecule has 0 aliphatic rings. The van der Waals surface area contributed by atoms with Crippen LogP contribution in [0.2, 0.25) is 0 Å². The summed E-state index contributed by atoms with van der Waals surface area (Å²) in [5.74, 6) is -0.817. The van der Waals surface area contributed by atoms with Crippen LogP contribution in [0.4, 0.5) is 5.00 Å². The van der Waals surface area contributed by atoms with E-state index >= 15 is 0 Å². The number of nitrogens with one attached hydrogen (secondary N) is 1. The molecule has 0 fully saturated rings. The highest BCUT2D eigenvalue weighted by Gasteiger charge is 2.32. The van der Waals surface area contributed by atoms with Gasteiger partial charge in [0.25, 0.3) is 0 Å². The summed E-state index contributed by atoms with van der Waals surface area (Å²) in [5.41, 5.74) is 2.12. The van der Waals surface area contributed by atoms with Gasteiger partial charge in [-0.05, 0) is 13.8 Å². The number of carbonyl (C=O) groups excluding carboxylic acids is 2. The number of carbonyl (C=O) groups is 2. The highest BCUT2D eigenvalue weighted by molar-refractivity contribution is 7.07. The van der Waals surface area contributed by atoms with Crippen LogP contribution in [0.5, 0.6) is 0 Å². The molecule has 1 N–H and O–H groups in total. The Morgan fingerprint density at radius 1 is 1.28 bits per heavy atom. The molecule has 0 radical (unpaired) electrons. The van der Waals surface area contributed by atoms with E-state index in [1.165, 1.54) is 18.6 Å². The summed E-state index contributed by atoms with van der Waals surface area (Å²) in [7, 11) is 1.33. The highest BCUT2D eigenvalue weighted by atomic mass is 79.9. The van der Waals surface area contributed by atoms with Crippen LogP contribution >= 0.6 is 11.5 Å². The van der Waals surface area contributed by atoms with E-state index in [9.17, 15) is 9.59 Å². The molecule has 8 heteroatoms. The predicted octanol–water partition coefficient (Wildman–Crippen LogP) is -0.513. The Balaban J connectivity index is 0.00000312. The molecule has 2 aromatic rings. The number of aromatic nitrogens is 1. The van der Waals surface area contributed by atoms with E-state index in [0.29, 0.717) is 10.6 Å². The first kappa shape index (κ1) is 21.1. The number of nitrogens with zero attached hydrogens (tertiary/aromatic N) is 1. The van der Waals surface area contributed by atoms with Gasteiger partial charge in [-0.1, -0.05) is 22.2 Å². The van der Waals surface area contributed by atoms with Crippen LogP contribution in [-0.2, 0) is 14.3 Å². The number of methoxy groups -OCH3 is 1. The molecule has 0 saturated heterocycles. The number of rotatable bonds is 6. The minimum absolute atomic E-state index is 0. The van der Waals surface area contributed by atoms with Gasteiger partial charge in [0.15, 0.2) is 22.1 Å². The molecule has 1 aromatic heterocycles. The van der Waals surface area contributed by atoms with Gasteiger partial charge in [0.05, 0.1) is 13.7 Å². The number of para-hydroxylation sites is 1. The van der Waals surface area contributed by atoms with Crippen LogP contribution in [0.1, 0.15) is 29.9 Å². The molecule has 0 aliphatic carbocycles. The monoisotopic (exact) mass is 428 g/mol. The Morgan fingerprint density at radius 2 is 1.92 bits per heavy atom. The number of esters is 2. The van der Waals surface area contributed by atoms with Crippen LogP contribution < -0.4 is 26.3 Å². The van der Waals surface area contributed by atoms with Gasteiger partial charge in [-0.15, -0.1) is 0 Å². The van der Waals surface area contributed by atoms with Gasteiger partial charge in [0, 0.05) is 19.1 Å². The number of anilines is 1. The number of halogens is 1. The average Bonchev–Trinajstić information content (AvgIpc) is 2.91. The van der Waals surface area contributed by atoms with Crippen molar-refractivity contribution in [2.45, 2.75) is 26.8 Å². The standard InChI is InChI=1S/C17H20N2O4S.BrH/c1-5-23-17(21)14-12(3)19(13-9-7-6-8-10-13)24-15(14)18-11(2)16(20)22-4;/h6-11H,5H2,1-4H3;1H/t11-;/m0./s1. The molecule has 0 amide bonds. The predicted molar refractivity (Wildman–Crippen MR) is 91.6 cm³/mol. The number of hydrogen-bond acceptors (Lipinski definition) is 6. The van der Waals surface area contributed by atoms with Crippen molar-refractivity contribution in [3.05, 3.63) is 41.6 Å². The van der Waals surface area contributed by atoms with E-state index in [1.54, 1.807) is 13.8 Å². The van der Waals surface area contributed by atoms with Crippen molar-refractivity contribution in [2.75, 3.05) is 19.0 Å². The van der Waals surface area contributed by atoms with Crippen LogP contribution in [-0.4, -0.2) is 31.7 Å². The quantitative estimate of drug-likeness (QED) is 0.495. The van der Waals surface area contributed by atoms with Crippen LogP contribution in [0.25, 0.3) is 5.69 Å². The molecule has 1 aromatic carbocycles. The summed E-state index contributed by atoms with van der Waals surface area (Å²) in [6.45, 7) is 5.58. The molecule has 0 bridgehead atoms. The largest absolute Gasteiger partial charge is 1.00 e. The molecular weight excluding hydrogens is 408 g/mol. The first-order valence-electron chi connectivity index (χ1n) is 7.62. The second-order valence-electron chi connectivity index (χ2n) is 5.12. The van der Waals surface area contributed by atoms with Gasteiger partial charge < -0.3 is 31.8 Å². The zero-order chi connectivity index (χ0) is 17.7. The third-order valence-corrected chi connectivity index (χ3v) is 4.62. The topological polar surface area (TPSA) is 68.5 Å². The first-order chi connectivity index (χ1) is 11.5. The van der Waals surface area contributed by atoms with Crippen molar-refractivity contribution in [3.63, 3.8) is 0 Å². The van der Waals surface area contributed by atoms with Crippen molar-refractivity contribution in [3.8, 4) is 5.69 Å². The number of benzene rings is 1. The van der Waals surface area contributed by atoms with Gasteiger partial charge in [-0.25, -0.2) is 9.59 Å². The van der Waals surface area contributed by atoms with Gasteiger partial charge in [-0.3, -0.25) is 0 Å². The number of hydrogen-bond donors (Lipinski definition) is 1. The van der Waals surface area contributed by atoms with Crippen molar-refractivity contribution >= 4 is 28.5 Å². The summed E-state index contributed by atoms with van der Waals surface area (Å²) < 4.78 is 11.8. The molecule has 136 valence electrons. The SMILES string of the molecule is CCOC(=O)c1c(N[C@@H](C)C(=O)OC)s[n+](-c2ccccc2)c1C.[Br-]. The van der Waals surface area contributed by atoms with Gasteiger partial charge >= 0.3 is 11.9 Å². The van der Waals surface area contributed by atoms with E-state index in [0.717, 1.165) is 11.4 Å². The first-order valence-corrected chi connectivity index (χ1v) is 8.39. The second-order valence-corrected chi connectivity index (χ2v) is 6.08. The summed E-state index contributed by atoms with van der Waals surface area (Å²) in [5, 5.41) is 3.63. The van der Waals surface area contributed by atoms with E-state index < -0.39 is 18.0 Å². The maximum absolute atomic E-state index is 12.4. The van der Waals surface area contributed by atoms with Crippen LogP contribution in [0.15, 0.2) is 30.3 Å². The molecule has 0 saturated carbocycles. The lowest BCUT2D eigenvalue weighted by atomic mass is 10.2. The highest BCUT2D eigenvalue weighted by Crippen LogP contribution is 2.26. The van der Waals surface area contributed by atoms with Gasteiger partial charge in [0.2, 0.25) is 11.4 Å². The zero-order valence-electron chi connectivity index (χ0n) is 14.5. The summed E-state index contributed by atoms with van der Waals surface area (Å²) in [6, 6.07) is 9.10. The maximum atomic E-state index is 12.4. The van der Waals surface area contributed by atoms with Crippen molar-refractivity contribution in [1.29, 1.82) is 0 Å². The van der Waals surface area contributed by atoms with Crippen LogP contribution in [0.3, 0.4) is 0 Å². The van der Waals surface area contributed by atoms with E-state index in [2.05, 4.69) is 5.32 Å². The fraction of sp³-hybridized carbons (Fsp3) is 0.353. The maximum Gasteiger partial charge on any atom is 0.347 e. The fourth-order valence-corrected chi connectivity index (χ4v) is 3.45. The molecular formula is C17H21BrN2O4S. The Morgan fingerprint density at radius 3 is 2.48 bits per heavy atom. The van der Waals surface area contributed by atoms with Crippen molar-refractivity contribution in [2.24, 2.45) is 0 Å². The molecule has 2 rings (SSSR count). The van der Waals surface area contributed by atoms with E-state index in [4.69, 9.17) is 9.47 Å². The third kappa shape index (κ3) is 4.79. The van der Waals surface area contributed by atoms with Crippen LogP contribution in [0, 0.1) is 6.92 Å². The second kappa shape index (κ2) is 9.53. The normalized spacial score (nSPS) is 11.2. The zero-order valence-corrected chi connectivity index (χ0v) is 16.9. The smallest absolute Gasteiger partial charge is 0.347 e. The van der Waals surface area contributed by atoms with Gasteiger partial charge in [-0.2, -0.15) is 0 Å². The summed E-state index contributed by atoms with van der Waals surface area (Å²) in [4.78, 5) is 24.0. The lowest BCUT2D eigenvalue weighted by molar-refractivity contribution is -0.527. The lowest BCUT2D eigenvalue weighted by Gasteiger charge is -2.10. The Hall–Kier alpha value is -1.93. The Bertz CT molecular complexity index is 734. The molecule has 25 heavy (non-hydrogen) atoms. The van der Waals surface area contributed by atoms with E-state index in [-0.39, 0.29) is 23.6 Å². The fourth-order valence-electron chi connectivity index (χ4n) is 2.26. The molecule has 1 atom stereocenters. The van der Waals surface area contributed by atoms with Crippen molar-refractivity contribution < 1.29 is 40.0 Å². The van der Waals surface area contributed by atoms with Crippen molar-refractivity contribution in [1.82, 2.24) is 0 Å². The van der Waals surface area contributed by atoms with E-state index in [1.807, 2.05) is 41.2 Å². The summed E-state index contributed by atoms with van der Waals surface area (Å²) in [6.07, 6.45) is 0.